The van der Waals surface area contributed by atoms with Gasteiger partial charge in [0.2, 0.25) is 0 Å². The fraction of sp³-hybridized carbons (Fsp3) is 0.188. The summed E-state index contributed by atoms with van der Waals surface area (Å²) in [7, 11) is 0. The molecule has 1 aliphatic heterocycles. The molecule has 0 radical (unpaired) electrons. The Labute approximate surface area is 117 Å². The zero-order valence-electron chi connectivity index (χ0n) is 11.1. The molecular formula is C16H15NO3. The van der Waals surface area contributed by atoms with Crippen molar-refractivity contribution in [1.82, 2.24) is 0 Å². The minimum Gasteiger partial charge on any atom is -0.493 e. The van der Waals surface area contributed by atoms with Gasteiger partial charge in [0.25, 0.3) is 0 Å². The summed E-state index contributed by atoms with van der Waals surface area (Å²) in [5, 5.41) is 2.69. The summed E-state index contributed by atoms with van der Waals surface area (Å²) < 4.78 is 10.7. The summed E-state index contributed by atoms with van der Waals surface area (Å²) >= 11 is 0. The van der Waals surface area contributed by atoms with Crippen LogP contribution in [0, 0.1) is 0 Å². The molecule has 4 heteroatoms. The van der Waals surface area contributed by atoms with E-state index in [9.17, 15) is 4.79 Å². The Bertz CT molecular complexity index is 625. The number of anilines is 1. The highest BCUT2D eigenvalue weighted by atomic mass is 16.6. The van der Waals surface area contributed by atoms with Crippen molar-refractivity contribution >= 4 is 11.8 Å². The van der Waals surface area contributed by atoms with Crippen molar-refractivity contribution in [3.05, 3.63) is 54.1 Å². The number of fused-ring (bicyclic) bond motifs is 1. The molecule has 3 rings (SSSR count). The molecule has 1 N–H and O–H groups in total. The quantitative estimate of drug-likeness (QED) is 0.902. The lowest BCUT2D eigenvalue weighted by atomic mass is 10.0. The Balaban J connectivity index is 1.68. The van der Waals surface area contributed by atoms with Crippen LogP contribution in [0.15, 0.2) is 48.5 Å². The van der Waals surface area contributed by atoms with E-state index in [1.54, 1.807) is 12.1 Å². The molecule has 1 unspecified atom stereocenters. The maximum absolute atomic E-state index is 11.8. The van der Waals surface area contributed by atoms with Crippen LogP contribution in [0.25, 0.3) is 0 Å². The van der Waals surface area contributed by atoms with E-state index in [-0.39, 0.29) is 0 Å². The zero-order chi connectivity index (χ0) is 13.9. The van der Waals surface area contributed by atoms with Gasteiger partial charge in [-0.15, -0.1) is 0 Å². The summed E-state index contributed by atoms with van der Waals surface area (Å²) in [6, 6.07) is 14.6. The second-order valence-corrected chi connectivity index (χ2v) is 4.79. The first-order chi connectivity index (χ1) is 9.72. The average molecular weight is 269 g/mol. The molecule has 0 saturated heterocycles. The second-order valence-electron chi connectivity index (χ2n) is 4.79. The highest BCUT2D eigenvalue weighted by Crippen LogP contribution is 2.35. The molecule has 0 saturated carbocycles. The highest BCUT2D eigenvalue weighted by molar-refractivity contribution is 5.86. The van der Waals surface area contributed by atoms with E-state index in [4.69, 9.17) is 9.47 Å². The minimum atomic E-state index is -0.512. The average Bonchev–Trinajstić information content (AvgIpc) is 2.81. The van der Waals surface area contributed by atoms with E-state index in [1.807, 2.05) is 36.4 Å². The Hall–Kier alpha value is -2.49. The lowest BCUT2D eigenvalue weighted by molar-refractivity contribution is 0.215. The number of hydrogen-bond donors (Lipinski definition) is 1. The Kier molecular flexibility index (Phi) is 3.29. The second kappa shape index (κ2) is 5.25. The lowest BCUT2D eigenvalue weighted by Gasteiger charge is -2.08. The molecule has 0 aliphatic carbocycles. The number of hydrogen-bond acceptors (Lipinski definition) is 3. The van der Waals surface area contributed by atoms with Gasteiger partial charge in [-0.1, -0.05) is 31.2 Å². The van der Waals surface area contributed by atoms with Gasteiger partial charge in [-0.25, -0.2) is 4.79 Å². The molecule has 0 bridgehead atoms. The van der Waals surface area contributed by atoms with Crippen LogP contribution in [0.2, 0.25) is 0 Å². The van der Waals surface area contributed by atoms with Crippen LogP contribution in [0.5, 0.6) is 11.5 Å². The van der Waals surface area contributed by atoms with Crippen LogP contribution >= 0.6 is 0 Å². The number of amides is 1. The van der Waals surface area contributed by atoms with Crippen molar-refractivity contribution in [2.45, 2.75) is 12.8 Å². The molecule has 0 spiro atoms. The fourth-order valence-corrected chi connectivity index (χ4v) is 2.19. The zero-order valence-corrected chi connectivity index (χ0v) is 11.1. The number of benzene rings is 2. The number of ether oxygens (including phenoxy) is 2. The van der Waals surface area contributed by atoms with Gasteiger partial charge in [-0.3, -0.25) is 5.32 Å². The van der Waals surface area contributed by atoms with Gasteiger partial charge in [0.15, 0.2) is 0 Å². The topological polar surface area (TPSA) is 47.6 Å². The predicted octanol–water partition coefficient (Wildman–Crippen LogP) is 3.79. The number of para-hydroxylation sites is 1. The lowest BCUT2D eigenvalue weighted by Crippen LogP contribution is -2.16. The van der Waals surface area contributed by atoms with Crippen LogP contribution < -0.4 is 14.8 Å². The highest BCUT2D eigenvalue weighted by Gasteiger charge is 2.20. The van der Waals surface area contributed by atoms with Crippen LogP contribution in [-0.4, -0.2) is 12.7 Å². The van der Waals surface area contributed by atoms with E-state index in [0.717, 1.165) is 5.75 Å². The molecule has 0 fully saturated rings. The molecule has 0 aromatic heterocycles. The first-order valence-electron chi connectivity index (χ1n) is 6.53. The van der Waals surface area contributed by atoms with E-state index >= 15 is 0 Å². The van der Waals surface area contributed by atoms with Crippen LogP contribution in [-0.2, 0) is 0 Å². The third-order valence-electron chi connectivity index (χ3n) is 3.23. The van der Waals surface area contributed by atoms with Crippen LogP contribution in [0.3, 0.4) is 0 Å². The SMILES string of the molecule is CC1COc2cc(NC(=O)Oc3ccccc3)ccc21. The van der Waals surface area contributed by atoms with E-state index in [0.29, 0.717) is 24.0 Å². The van der Waals surface area contributed by atoms with Gasteiger partial charge >= 0.3 is 6.09 Å². The summed E-state index contributed by atoms with van der Waals surface area (Å²) in [5.74, 6) is 1.74. The Morgan fingerprint density at radius 2 is 2.05 bits per heavy atom. The van der Waals surface area contributed by atoms with Gasteiger partial charge < -0.3 is 9.47 Å². The largest absolute Gasteiger partial charge is 0.493 e. The molecule has 20 heavy (non-hydrogen) atoms. The summed E-state index contributed by atoms with van der Waals surface area (Å²) in [6.07, 6.45) is -0.512. The maximum atomic E-state index is 11.8. The summed E-state index contributed by atoms with van der Waals surface area (Å²) in [4.78, 5) is 11.8. The molecule has 1 aliphatic rings. The number of carbonyl (C=O) groups excluding carboxylic acids is 1. The molecular weight excluding hydrogens is 254 g/mol. The molecule has 102 valence electrons. The van der Waals surface area contributed by atoms with Crippen molar-refractivity contribution in [2.24, 2.45) is 0 Å². The standard InChI is InChI=1S/C16H15NO3/c1-11-10-19-15-9-12(7-8-14(11)15)17-16(18)20-13-5-3-2-4-6-13/h2-9,11H,10H2,1H3,(H,17,18). The number of carbonyl (C=O) groups is 1. The van der Waals surface area contributed by atoms with Crippen molar-refractivity contribution in [3.63, 3.8) is 0 Å². The van der Waals surface area contributed by atoms with Gasteiger partial charge in [-0.05, 0) is 18.2 Å². The first-order valence-corrected chi connectivity index (χ1v) is 6.53. The van der Waals surface area contributed by atoms with Gasteiger partial charge in [-0.2, -0.15) is 0 Å². The smallest absolute Gasteiger partial charge is 0.417 e. The normalized spacial score (nSPS) is 16.1. The molecule has 4 nitrogen and oxygen atoms in total. The summed E-state index contributed by atoms with van der Waals surface area (Å²) in [5.41, 5.74) is 1.84. The van der Waals surface area contributed by atoms with Crippen LogP contribution in [0.4, 0.5) is 10.5 Å². The van der Waals surface area contributed by atoms with Crippen molar-refractivity contribution < 1.29 is 14.3 Å². The third kappa shape index (κ3) is 2.59. The summed E-state index contributed by atoms with van der Waals surface area (Å²) in [6.45, 7) is 2.80. The number of nitrogens with one attached hydrogen (secondary N) is 1. The van der Waals surface area contributed by atoms with E-state index < -0.39 is 6.09 Å². The first kappa shape index (κ1) is 12.5. The monoisotopic (exact) mass is 269 g/mol. The number of rotatable bonds is 2. The predicted molar refractivity (Wildman–Crippen MR) is 76.4 cm³/mol. The molecule has 2 aromatic rings. The van der Waals surface area contributed by atoms with Gasteiger partial charge in [0, 0.05) is 23.2 Å². The van der Waals surface area contributed by atoms with Gasteiger partial charge in [0.05, 0.1) is 6.61 Å². The van der Waals surface area contributed by atoms with E-state index in [1.165, 1.54) is 5.56 Å². The maximum Gasteiger partial charge on any atom is 0.417 e. The van der Waals surface area contributed by atoms with Crippen molar-refractivity contribution in [1.29, 1.82) is 0 Å². The van der Waals surface area contributed by atoms with Crippen LogP contribution in [0.1, 0.15) is 18.4 Å². The van der Waals surface area contributed by atoms with E-state index in [2.05, 4.69) is 12.2 Å². The Morgan fingerprint density at radius 3 is 2.85 bits per heavy atom. The Morgan fingerprint density at radius 1 is 1.25 bits per heavy atom. The molecule has 1 atom stereocenters. The molecule has 1 heterocycles. The minimum absolute atomic E-state index is 0.398. The van der Waals surface area contributed by atoms with Gasteiger partial charge in [0.1, 0.15) is 11.5 Å². The van der Waals surface area contributed by atoms with Crippen molar-refractivity contribution in [2.75, 3.05) is 11.9 Å². The fourth-order valence-electron chi connectivity index (χ4n) is 2.19. The molecule has 1 amide bonds. The third-order valence-corrected chi connectivity index (χ3v) is 3.23. The van der Waals surface area contributed by atoms with Crippen molar-refractivity contribution in [3.8, 4) is 11.5 Å². The molecule has 2 aromatic carbocycles.